The van der Waals surface area contributed by atoms with E-state index in [-0.39, 0.29) is 5.92 Å². The maximum absolute atomic E-state index is 13.2. The Balaban J connectivity index is 3.30. The topological polar surface area (TPSA) is 113 Å². The molecule has 0 spiro atoms. The van der Waals surface area contributed by atoms with Crippen molar-refractivity contribution in [2.45, 2.75) is 31.2 Å². The van der Waals surface area contributed by atoms with E-state index < -0.39 is 36.9 Å². The van der Waals surface area contributed by atoms with Crippen LogP contribution in [0, 0.1) is 33.2 Å². The van der Waals surface area contributed by atoms with Crippen molar-refractivity contribution >= 4 is 15.7 Å². The van der Waals surface area contributed by atoms with Crippen LogP contribution in [0.2, 0.25) is 0 Å². The molecular formula is C12H14FN3O4S. The number of rotatable bonds is 5. The molecule has 0 fully saturated rings. The highest BCUT2D eigenvalue weighted by Crippen LogP contribution is 2.24. The Kier molecular flexibility index (Phi) is 4.65. The van der Waals surface area contributed by atoms with E-state index in [1.165, 1.54) is 6.92 Å². The van der Waals surface area contributed by atoms with Gasteiger partial charge in [-0.05, 0) is 25.0 Å². The molecule has 0 aliphatic rings. The predicted molar refractivity (Wildman–Crippen MR) is 72.2 cm³/mol. The van der Waals surface area contributed by atoms with Gasteiger partial charge in [0.05, 0.1) is 15.9 Å². The first-order valence-corrected chi connectivity index (χ1v) is 7.41. The lowest BCUT2D eigenvalue weighted by molar-refractivity contribution is -0.387. The van der Waals surface area contributed by atoms with Crippen molar-refractivity contribution in [3.8, 4) is 6.07 Å². The summed E-state index contributed by atoms with van der Waals surface area (Å²) in [5, 5.41) is 19.8. The van der Waals surface area contributed by atoms with Gasteiger partial charge in [0.1, 0.15) is 5.54 Å². The Morgan fingerprint density at radius 3 is 2.48 bits per heavy atom. The number of nitrogens with one attached hydrogen (secondary N) is 1. The van der Waals surface area contributed by atoms with E-state index in [4.69, 9.17) is 5.26 Å². The normalized spacial score (nSPS) is 14.5. The average Bonchev–Trinajstić information content (AvgIpc) is 2.37. The van der Waals surface area contributed by atoms with Crippen LogP contribution in [0.4, 0.5) is 10.1 Å². The zero-order valence-corrected chi connectivity index (χ0v) is 12.4. The molecule has 1 atom stereocenters. The van der Waals surface area contributed by atoms with Gasteiger partial charge in [0.25, 0.3) is 0 Å². The fourth-order valence-electron chi connectivity index (χ4n) is 1.41. The van der Waals surface area contributed by atoms with Gasteiger partial charge in [-0.25, -0.2) is 8.42 Å². The number of halogens is 1. The minimum absolute atomic E-state index is 0.340. The molecule has 0 unspecified atom stereocenters. The second-order valence-electron chi connectivity index (χ2n) is 4.94. The van der Waals surface area contributed by atoms with Crippen LogP contribution < -0.4 is 4.72 Å². The van der Waals surface area contributed by atoms with Crippen LogP contribution in [-0.2, 0) is 10.0 Å². The van der Waals surface area contributed by atoms with Crippen LogP contribution >= 0.6 is 0 Å². The number of nitriles is 1. The third kappa shape index (κ3) is 3.53. The first-order valence-electron chi connectivity index (χ1n) is 5.92. The SMILES string of the molecule is CC(C)[C@@](C)(C#N)NS(=O)(=O)c1ccc(F)c([N+](=O)[O-])c1. The van der Waals surface area contributed by atoms with Crippen molar-refractivity contribution in [2.75, 3.05) is 0 Å². The third-order valence-electron chi connectivity index (χ3n) is 3.16. The van der Waals surface area contributed by atoms with E-state index in [2.05, 4.69) is 4.72 Å². The monoisotopic (exact) mass is 315 g/mol. The zero-order valence-electron chi connectivity index (χ0n) is 11.6. The minimum atomic E-state index is -4.19. The van der Waals surface area contributed by atoms with Crippen molar-refractivity contribution in [2.24, 2.45) is 5.92 Å². The molecule has 0 aromatic heterocycles. The maximum Gasteiger partial charge on any atom is 0.306 e. The molecule has 1 aromatic rings. The van der Waals surface area contributed by atoms with Crippen LogP contribution in [-0.4, -0.2) is 18.9 Å². The summed E-state index contributed by atoms with van der Waals surface area (Å²) in [6.07, 6.45) is 0. The van der Waals surface area contributed by atoms with Crippen molar-refractivity contribution < 1.29 is 17.7 Å². The van der Waals surface area contributed by atoms with E-state index in [0.29, 0.717) is 12.1 Å². The average molecular weight is 315 g/mol. The molecule has 0 saturated heterocycles. The highest BCUT2D eigenvalue weighted by Gasteiger charge is 2.34. The number of nitro benzene ring substituents is 1. The molecule has 1 N–H and O–H groups in total. The molecule has 0 aliphatic carbocycles. The fraction of sp³-hybridized carbons (Fsp3) is 0.417. The molecule has 1 aromatic carbocycles. The highest BCUT2D eigenvalue weighted by molar-refractivity contribution is 7.89. The standard InChI is InChI=1S/C12H14FN3O4S/c1-8(2)12(3,7-14)15-21(19,20)9-4-5-10(13)11(6-9)16(17)18/h4-6,8,15H,1-3H3/t12-/m1/s1. The molecule has 21 heavy (non-hydrogen) atoms. The molecule has 0 radical (unpaired) electrons. The lowest BCUT2D eigenvalue weighted by Crippen LogP contribution is -2.48. The van der Waals surface area contributed by atoms with Gasteiger partial charge in [-0.2, -0.15) is 14.4 Å². The molecule has 0 amide bonds. The molecule has 0 heterocycles. The van der Waals surface area contributed by atoms with Gasteiger partial charge >= 0.3 is 5.69 Å². The van der Waals surface area contributed by atoms with Gasteiger partial charge in [0.15, 0.2) is 0 Å². The summed E-state index contributed by atoms with van der Waals surface area (Å²) in [7, 11) is -4.19. The van der Waals surface area contributed by atoms with E-state index in [1.54, 1.807) is 13.8 Å². The Labute approximate surface area is 121 Å². The lowest BCUT2D eigenvalue weighted by Gasteiger charge is -2.26. The fourth-order valence-corrected chi connectivity index (χ4v) is 2.88. The molecule has 0 aliphatic heterocycles. The number of nitrogens with zero attached hydrogens (tertiary/aromatic N) is 2. The lowest BCUT2D eigenvalue weighted by atomic mass is 9.92. The number of hydrogen-bond donors (Lipinski definition) is 1. The summed E-state index contributed by atoms with van der Waals surface area (Å²) in [5.41, 5.74) is -2.33. The number of sulfonamides is 1. The Morgan fingerprint density at radius 1 is 1.48 bits per heavy atom. The smallest absolute Gasteiger partial charge is 0.258 e. The summed E-state index contributed by atoms with van der Waals surface area (Å²) in [6, 6.07) is 4.08. The van der Waals surface area contributed by atoms with Crippen LogP contribution in [0.5, 0.6) is 0 Å². The van der Waals surface area contributed by atoms with Crippen molar-refractivity contribution in [3.63, 3.8) is 0 Å². The maximum atomic E-state index is 13.2. The van der Waals surface area contributed by atoms with Gasteiger partial charge < -0.3 is 0 Å². The van der Waals surface area contributed by atoms with Gasteiger partial charge in [0, 0.05) is 6.07 Å². The molecule has 9 heteroatoms. The Morgan fingerprint density at radius 2 is 2.05 bits per heavy atom. The first kappa shape index (κ1) is 17.0. The Bertz CT molecular complexity index is 712. The largest absolute Gasteiger partial charge is 0.306 e. The molecule has 1 rings (SSSR count). The van der Waals surface area contributed by atoms with Crippen LogP contribution in [0.1, 0.15) is 20.8 Å². The van der Waals surface area contributed by atoms with Gasteiger partial charge in [-0.1, -0.05) is 13.8 Å². The van der Waals surface area contributed by atoms with Crippen molar-refractivity contribution in [1.29, 1.82) is 5.26 Å². The van der Waals surface area contributed by atoms with Crippen LogP contribution in [0.15, 0.2) is 23.1 Å². The second-order valence-corrected chi connectivity index (χ2v) is 6.63. The van der Waals surface area contributed by atoms with Gasteiger partial charge in [0.2, 0.25) is 15.8 Å². The first-order chi connectivity index (χ1) is 9.53. The number of benzene rings is 1. The summed E-state index contributed by atoms with van der Waals surface area (Å²) in [6.45, 7) is 4.70. The summed E-state index contributed by atoms with van der Waals surface area (Å²) in [4.78, 5) is 9.16. The van der Waals surface area contributed by atoms with E-state index in [0.717, 1.165) is 6.07 Å². The van der Waals surface area contributed by atoms with Gasteiger partial charge in [-0.15, -0.1) is 0 Å². The summed E-state index contributed by atoms with van der Waals surface area (Å²) < 4.78 is 39.8. The van der Waals surface area contributed by atoms with Crippen LogP contribution in [0.25, 0.3) is 0 Å². The Hall–Kier alpha value is -2.05. The van der Waals surface area contributed by atoms with Crippen molar-refractivity contribution in [1.82, 2.24) is 4.72 Å². The summed E-state index contributed by atoms with van der Waals surface area (Å²) in [5.74, 6) is -1.47. The zero-order chi connectivity index (χ0) is 16.4. The van der Waals surface area contributed by atoms with Crippen LogP contribution in [0.3, 0.4) is 0 Å². The predicted octanol–water partition coefficient (Wildman–Crippen LogP) is 1.95. The summed E-state index contributed by atoms with van der Waals surface area (Å²) >= 11 is 0. The molecule has 0 saturated carbocycles. The molecule has 0 bridgehead atoms. The van der Waals surface area contributed by atoms with E-state index in [9.17, 15) is 22.9 Å². The highest BCUT2D eigenvalue weighted by atomic mass is 32.2. The van der Waals surface area contributed by atoms with E-state index >= 15 is 0 Å². The quantitative estimate of drug-likeness (QED) is 0.659. The van der Waals surface area contributed by atoms with E-state index in [1.807, 2.05) is 6.07 Å². The minimum Gasteiger partial charge on any atom is -0.258 e. The third-order valence-corrected chi connectivity index (χ3v) is 4.73. The van der Waals surface area contributed by atoms with Crippen molar-refractivity contribution in [3.05, 3.63) is 34.1 Å². The molecule has 114 valence electrons. The van der Waals surface area contributed by atoms with Gasteiger partial charge in [-0.3, -0.25) is 10.1 Å². The number of hydrogen-bond acceptors (Lipinski definition) is 5. The molecular weight excluding hydrogens is 301 g/mol. The molecule has 7 nitrogen and oxygen atoms in total. The number of nitro groups is 1. The second kappa shape index (κ2) is 5.75.